The van der Waals surface area contributed by atoms with E-state index in [-0.39, 0.29) is 0 Å². The van der Waals surface area contributed by atoms with Crippen LogP contribution in [0.25, 0.3) is 0 Å². The van der Waals surface area contributed by atoms with Gasteiger partial charge in [0.15, 0.2) is 0 Å². The molecule has 2 nitrogen and oxygen atoms in total. The molecule has 0 heterocycles. The van der Waals surface area contributed by atoms with E-state index < -0.39 is 0 Å². The van der Waals surface area contributed by atoms with Gasteiger partial charge in [-0.15, -0.1) is 6.58 Å². The smallest absolute Gasteiger partial charge is 0.0727 e. The first-order chi connectivity index (χ1) is 9.29. The van der Waals surface area contributed by atoms with Crippen LogP contribution in [0, 0.1) is 0 Å². The third kappa shape index (κ3) is 5.47. The van der Waals surface area contributed by atoms with Gasteiger partial charge in [-0.25, -0.2) is 0 Å². The van der Waals surface area contributed by atoms with Gasteiger partial charge >= 0.3 is 0 Å². The molecule has 1 aliphatic rings. The van der Waals surface area contributed by atoms with E-state index in [2.05, 4.69) is 46.0 Å². The molecule has 0 spiro atoms. The van der Waals surface area contributed by atoms with Crippen molar-refractivity contribution < 1.29 is 4.74 Å². The van der Waals surface area contributed by atoms with Crippen molar-refractivity contribution in [2.75, 3.05) is 6.61 Å². The standard InChI is InChI=1S/C16H22BrNO/c1-2-3-4-9-19-12-14-6-5-13(10-16(14)17)11-18-15-7-8-15/h2,5-6,10,15,18H,1,3-4,7-9,11-12H2. The zero-order valence-electron chi connectivity index (χ0n) is 11.3. The first-order valence-electron chi connectivity index (χ1n) is 6.99. The molecule has 0 atom stereocenters. The van der Waals surface area contributed by atoms with Crippen LogP contribution in [-0.2, 0) is 17.9 Å². The summed E-state index contributed by atoms with van der Waals surface area (Å²) in [6, 6.07) is 7.29. The van der Waals surface area contributed by atoms with Crippen LogP contribution in [0.15, 0.2) is 35.3 Å². The maximum absolute atomic E-state index is 5.66. The van der Waals surface area contributed by atoms with Gasteiger partial charge in [0.1, 0.15) is 0 Å². The van der Waals surface area contributed by atoms with Gasteiger partial charge in [0.05, 0.1) is 6.61 Å². The molecule has 1 saturated carbocycles. The summed E-state index contributed by atoms with van der Waals surface area (Å²) < 4.78 is 6.80. The summed E-state index contributed by atoms with van der Waals surface area (Å²) in [5, 5.41) is 3.52. The first kappa shape index (κ1) is 14.8. The predicted molar refractivity (Wildman–Crippen MR) is 83.1 cm³/mol. The molecule has 1 aliphatic carbocycles. The third-order valence-corrected chi connectivity index (χ3v) is 3.98. The Morgan fingerprint density at radius 1 is 1.42 bits per heavy atom. The fraction of sp³-hybridized carbons (Fsp3) is 0.500. The molecule has 1 N–H and O–H groups in total. The number of hydrogen-bond acceptors (Lipinski definition) is 2. The summed E-state index contributed by atoms with van der Waals surface area (Å²) in [6.45, 7) is 6.14. The zero-order valence-corrected chi connectivity index (χ0v) is 12.9. The highest BCUT2D eigenvalue weighted by Crippen LogP contribution is 2.22. The summed E-state index contributed by atoms with van der Waals surface area (Å²) in [5.41, 5.74) is 2.54. The van der Waals surface area contributed by atoms with E-state index in [1.165, 1.54) is 24.0 Å². The van der Waals surface area contributed by atoms with Crippen molar-refractivity contribution in [3.63, 3.8) is 0 Å². The molecule has 0 amide bonds. The molecule has 0 saturated heterocycles. The number of ether oxygens (including phenoxy) is 1. The van der Waals surface area contributed by atoms with E-state index in [0.717, 1.165) is 36.5 Å². The highest BCUT2D eigenvalue weighted by atomic mass is 79.9. The topological polar surface area (TPSA) is 21.3 Å². The van der Waals surface area contributed by atoms with Crippen LogP contribution in [0.5, 0.6) is 0 Å². The number of hydrogen-bond donors (Lipinski definition) is 1. The Balaban J connectivity index is 1.75. The highest BCUT2D eigenvalue weighted by molar-refractivity contribution is 9.10. The Morgan fingerprint density at radius 2 is 2.26 bits per heavy atom. The molecule has 2 rings (SSSR count). The summed E-state index contributed by atoms with van der Waals surface area (Å²) in [5.74, 6) is 0. The normalized spacial score (nSPS) is 14.6. The highest BCUT2D eigenvalue weighted by Gasteiger charge is 2.19. The lowest BCUT2D eigenvalue weighted by Crippen LogP contribution is -2.15. The van der Waals surface area contributed by atoms with Crippen LogP contribution in [0.2, 0.25) is 0 Å². The maximum atomic E-state index is 5.66. The minimum atomic E-state index is 0.675. The average molecular weight is 324 g/mol. The third-order valence-electron chi connectivity index (χ3n) is 3.24. The number of unbranched alkanes of at least 4 members (excludes halogenated alkanes) is 1. The van der Waals surface area contributed by atoms with E-state index in [1.54, 1.807) is 0 Å². The molecule has 1 aromatic carbocycles. The molecule has 0 unspecified atom stereocenters. The summed E-state index contributed by atoms with van der Waals surface area (Å²) in [4.78, 5) is 0. The monoisotopic (exact) mass is 323 g/mol. The van der Waals surface area contributed by atoms with Crippen LogP contribution < -0.4 is 5.32 Å². The lowest BCUT2D eigenvalue weighted by molar-refractivity contribution is 0.118. The summed E-state index contributed by atoms with van der Waals surface area (Å²) >= 11 is 3.63. The van der Waals surface area contributed by atoms with Gasteiger partial charge in [-0.3, -0.25) is 0 Å². The molecule has 19 heavy (non-hydrogen) atoms. The predicted octanol–water partition coefficient (Wildman–Crippen LogP) is 4.18. The lowest BCUT2D eigenvalue weighted by Gasteiger charge is -2.09. The first-order valence-corrected chi connectivity index (χ1v) is 7.78. The van der Waals surface area contributed by atoms with Crippen molar-refractivity contribution in [1.29, 1.82) is 0 Å². The SMILES string of the molecule is C=CCCCOCc1ccc(CNC2CC2)cc1Br. The Hall–Kier alpha value is -0.640. The largest absolute Gasteiger partial charge is 0.377 e. The van der Waals surface area contributed by atoms with Crippen LogP contribution in [-0.4, -0.2) is 12.6 Å². The molecule has 3 heteroatoms. The lowest BCUT2D eigenvalue weighted by atomic mass is 10.1. The molecule has 1 fully saturated rings. The molecule has 0 bridgehead atoms. The number of nitrogens with one attached hydrogen (secondary N) is 1. The maximum Gasteiger partial charge on any atom is 0.0727 e. The average Bonchev–Trinajstić information content (AvgIpc) is 3.22. The Labute approximate surface area is 124 Å². The summed E-state index contributed by atoms with van der Waals surface area (Å²) in [6.07, 6.45) is 6.66. The fourth-order valence-electron chi connectivity index (χ4n) is 1.88. The van der Waals surface area contributed by atoms with Crippen molar-refractivity contribution in [2.45, 2.75) is 44.9 Å². The van der Waals surface area contributed by atoms with Crippen LogP contribution in [0.3, 0.4) is 0 Å². The van der Waals surface area contributed by atoms with E-state index in [4.69, 9.17) is 4.74 Å². The molecular formula is C16H22BrNO. The number of halogens is 1. The second kappa shape index (κ2) is 7.83. The van der Waals surface area contributed by atoms with Crippen molar-refractivity contribution >= 4 is 15.9 Å². The number of benzene rings is 1. The second-order valence-electron chi connectivity index (χ2n) is 5.06. The minimum Gasteiger partial charge on any atom is -0.377 e. The van der Waals surface area contributed by atoms with Gasteiger partial charge in [0.2, 0.25) is 0 Å². The number of rotatable bonds is 9. The van der Waals surface area contributed by atoms with E-state index in [1.807, 2.05) is 6.08 Å². The molecule has 1 aromatic rings. The van der Waals surface area contributed by atoms with E-state index in [9.17, 15) is 0 Å². The fourth-order valence-corrected chi connectivity index (χ4v) is 2.42. The van der Waals surface area contributed by atoms with Gasteiger partial charge < -0.3 is 10.1 Å². The molecule has 0 radical (unpaired) electrons. The van der Waals surface area contributed by atoms with Gasteiger partial charge in [0.25, 0.3) is 0 Å². The summed E-state index contributed by atoms with van der Waals surface area (Å²) in [7, 11) is 0. The van der Waals surface area contributed by atoms with Crippen LogP contribution in [0.4, 0.5) is 0 Å². The Kier molecular flexibility index (Phi) is 6.08. The molecule has 0 aromatic heterocycles. The molecular weight excluding hydrogens is 302 g/mol. The minimum absolute atomic E-state index is 0.675. The number of allylic oxidation sites excluding steroid dienone is 1. The Morgan fingerprint density at radius 3 is 2.95 bits per heavy atom. The van der Waals surface area contributed by atoms with Gasteiger partial charge in [-0.2, -0.15) is 0 Å². The Bertz CT molecular complexity index is 415. The van der Waals surface area contributed by atoms with Gasteiger partial charge in [0, 0.05) is 23.7 Å². The molecule has 0 aliphatic heterocycles. The zero-order chi connectivity index (χ0) is 13.5. The van der Waals surface area contributed by atoms with Gasteiger partial charge in [-0.05, 0) is 42.9 Å². The second-order valence-corrected chi connectivity index (χ2v) is 5.92. The van der Waals surface area contributed by atoms with E-state index in [0.29, 0.717) is 6.61 Å². The van der Waals surface area contributed by atoms with E-state index >= 15 is 0 Å². The van der Waals surface area contributed by atoms with Gasteiger partial charge in [-0.1, -0.05) is 34.1 Å². The van der Waals surface area contributed by atoms with Crippen LogP contribution >= 0.6 is 15.9 Å². The van der Waals surface area contributed by atoms with Crippen molar-refractivity contribution in [3.8, 4) is 0 Å². The van der Waals surface area contributed by atoms with Crippen molar-refractivity contribution in [1.82, 2.24) is 5.32 Å². The van der Waals surface area contributed by atoms with Crippen LogP contribution in [0.1, 0.15) is 36.8 Å². The quantitative estimate of drug-likeness (QED) is 0.543. The van der Waals surface area contributed by atoms with Crippen molar-refractivity contribution in [2.24, 2.45) is 0 Å². The molecule has 104 valence electrons. The van der Waals surface area contributed by atoms with Crippen molar-refractivity contribution in [3.05, 3.63) is 46.5 Å².